The molecular formula is C17H17N3O3. The van der Waals surface area contributed by atoms with Crippen LogP contribution in [-0.4, -0.2) is 21.5 Å². The molecule has 0 spiro atoms. The van der Waals surface area contributed by atoms with Gasteiger partial charge in [-0.1, -0.05) is 30.3 Å². The van der Waals surface area contributed by atoms with Crippen LogP contribution in [0.3, 0.4) is 0 Å². The van der Waals surface area contributed by atoms with E-state index in [-0.39, 0.29) is 11.7 Å². The van der Waals surface area contributed by atoms with Crippen molar-refractivity contribution in [3.05, 3.63) is 64.6 Å². The van der Waals surface area contributed by atoms with Gasteiger partial charge in [-0.25, -0.2) is 14.0 Å². The average Bonchev–Trinajstić information content (AvgIpc) is 2.84. The molecule has 3 rings (SSSR count). The number of hydrogen-bond acceptors (Lipinski definition) is 4. The highest BCUT2D eigenvalue weighted by Gasteiger charge is 2.19. The van der Waals surface area contributed by atoms with Gasteiger partial charge in [0.1, 0.15) is 11.4 Å². The van der Waals surface area contributed by atoms with Gasteiger partial charge in [-0.3, -0.25) is 0 Å². The van der Waals surface area contributed by atoms with Crippen molar-refractivity contribution in [2.75, 3.05) is 7.11 Å². The maximum absolute atomic E-state index is 12.4. The highest BCUT2D eigenvalue weighted by atomic mass is 16.5. The van der Waals surface area contributed by atoms with E-state index in [9.17, 15) is 4.79 Å². The van der Waals surface area contributed by atoms with Gasteiger partial charge < -0.3 is 9.47 Å². The molecule has 2 aromatic carbocycles. The first kappa shape index (κ1) is 14.9. The first-order valence-electron chi connectivity index (χ1n) is 7.14. The normalized spacial score (nSPS) is 10.6. The van der Waals surface area contributed by atoms with E-state index in [4.69, 9.17) is 9.47 Å². The summed E-state index contributed by atoms with van der Waals surface area (Å²) in [5.41, 5.74) is 1.20. The van der Waals surface area contributed by atoms with Gasteiger partial charge in [-0.2, -0.15) is 0 Å². The summed E-state index contributed by atoms with van der Waals surface area (Å²) in [6.07, 6.45) is 0. The van der Waals surface area contributed by atoms with Gasteiger partial charge in [-0.05, 0) is 30.7 Å². The summed E-state index contributed by atoms with van der Waals surface area (Å²) >= 11 is 0. The van der Waals surface area contributed by atoms with Crippen LogP contribution in [0.2, 0.25) is 0 Å². The molecule has 118 valence electrons. The van der Waals surface area contributed by atoms with Crippen LogP contribution in [0.4, 0.5) is 0 Å². The molecule has 0 saturated carbocycles. The molecule has 0 aliphatic carbocycles. The van der Waals surface area contributed by atoms with Crippen molar-refractivity contribution in [2.24, 2.45) is 7.05 Å². The molecule has 0 N–H and O–H groups in total. The zero-order chi connectivity index (χ0) is 16.4. The zero-order valence-corrected chi connectivity index (χ0v) is 13.2. The lowest BCUT2D eigenvalue weighted by Gasteiger charge is -2.14. The number of hydrogen-bond donors (Lipinski definition) is 0. The van der Waals surface area contributed by atoms with Crippen molar-refractivity contribution in [3.8, 4) is 23.2 Å². The standard InChI is InChI=1S/C17H17N3O3/c1-12-8-7-11-14(23-13-9-5-4-6-10-13)15(12)20-16(22-3)18-19(2)17(20)21/h4-11H,1-3H3. The molecule has 0 amide bonds. The fourth-order valence-corrected chi connectivity index (χ4v) is 2.38. The predicted octanol–water partition coefficient (Wildman–Crippen LogP) is 2.68. The first-order chi connectivity index (χ1) is 11.1. The van der Waals surface area contributed by atoms with Crippen molar-refractivity contribution in [3.63, 3.8) is 0 Å². The highest BCUT2D eigenvalue weighted by Crippen LogP contribution is 2.31. The molecule has 1 aromatic heterocycles. The van der Waals surface area contributed by atoms with Crippen molar-refractivity contribution in [1.29, 1.82) is 0 Å². The van der Waals surface area contributed by atoms with E-state index in [2.05, 4.69) is 5.10 Å². The predicted molar refractivity (Wildman–Crippen MR) is 86.6 cm³/mol. The summed E-state index contributed by atoms with van der Waals surface area (Å²) in [6, 6.07) is 15.2. The second kappa shape index (κ2) is 6.00. The molecule has 0 radical (unpaired) electrons. The minimum Gasteiger partial charge on any atom is -0.467 e. The highest BCUT2D eigenvalue weighted by molar-refractivity contribution is 5.54. The number of aryl methyl sites for hydroxylation is 2. The third-order valence-electron chi connectivity index (χ3n) is 3.47. The summed E-state index contributed by atoms with van der Waals surface area (Å²) in [5, 5.41) is 4.08. The minimum absolute atomic E-state index is 0.213. The summed E-state index contributed by atoms with van der Waals surface area (Å²) in [6.45, 7) is 1.91. The van der Waals surface area contributed by atoms with Gasteiger partial charge in [0.2, 0.25) is 0 Å². The SMILES string of the molecule is COc1nn(C)c(=O)n1-c1c(C)cccc1Oc1ccccc1. The molecule has 0 aliphatic rings. The topological polar surface area (TPSA) is 58.3 Å². The van der Waals surface area contributed by atoms with Crippen molar-refractivity contribution in [1.82, 2.24) is 14.3 Å². The molecule has 3 aromatic rings. The van der Waals surface area contributed by atoms with Crippen LogP contribution in [0.1, 0.15) is 5.56 Å². The van der Waals surface area contributed by atoms with Crippen LogP contribution in [0.25, 0.3) is 5.69 Å². The number of para-hydroxylation sites is 2. The number of rotatable bonds is 4. The molecule has 0 unspecified atom stereocenters. The van der Waals surface area contributed by atoms with Gasteiger partial charge in [0.05, 0.1) is 7.11 Å². The summed E-state index contributed by atoms with van der Waals surface area (Å²) in [7, 11) is 3.06. The van der Waals surface area contributed by atoms with E-state index in [1.54, 1.807) is 7.05 Å². The smallest absolute Gasteiger partial charge is 0.353 e. The lowest BCUT2D eigenvalue weighted by atomic mass is 10.2. The number of methoxy groups -OCH3 is 1. The average molecular weight is 311 g/mol. The Hall–Kier alpha value is -3.02. The fraction of sp³-hybridized carbons (Fsp3) is 0.176. The molecule has 1 heterocycles. The van der Waals surface area contributed by atoms with Gasteiger partial charge in [0.15, 0.2) is 5.75 Å². The Morgan fingerprint density at radius 3 is 2.48 bits per heavy atom. The van der Waals surface area contributed by atoms with Crippen LogP contribution in [0.15, 0.2) is 53.3 Å². The minimum atomic E-state index is -0.297. The monoisotopic (exact) mass is 311 g/mol. The Morgan fingerprint density at radius 1 is 1.04 bits per heavy atom. The maximum Gasteiger partial charge on any atom is 0.353 e. The van der Waals surface area contributed by atoms with Crippen molar-refractivity contribution >= 4 is 0 Å². The van der Waals surface area contributed by atoms with E-state index >= 15 is 0 Å². The maximum atomic E-state index is 12.4. The lowest BCUT2D eigenvalue weighted by Crippen LogP contribution is -2.22. The molecular weight excluding hydrogens is 294 g/mol. The van der Waals surface area contributed by atoms with Crippen molar-refractivity contribution < 1.29 is 9.47 Å². The van der Waals surface area contributed by atoms with Crippen LogP contribution >= 0.6 is 0 Å². The Bertz CT molecular complexity index is 882. The molecule has 6 heteroatoms. The number of ether oxygens (including phenoxy) is 2. The molecule has 23 heavy (non-hydrogen) atoms. The Morgan fingerprint density at radius 2 is 1.78 bits per heavy atom. The second-order valence-electron chi connectivity index (χ2n) is 5.07. The molecule has 0 atom stereocenters. The van der Waals surface area contributed by atoms with Crippen LogP contribution in [0.5, 0.6) is 17.5 Å². The molecule has 6 nitrogen and oxygen atoms in total. The third kappa shape index (κ3) is 2.70. The Balaban J connectivity index is 2.19. The zero-order valence-electron chi connectivity index (χ0n) is 13.2. The Kier molecular flexibility index (Phi) is 3.89. The van der Waals surface area contributed by atoms with E-state index in [0.717, 1.165) is 5.56 Å². The van der Waals surface area contributed by atoms with Crippen molar-refractivity contribution in [2.45, 2.75) is 6.92 Å². The summed E-state index contributed by atoms with van der Waals surface area (Å²) in [5.74, 6) is 1.25. The fourth-order valence-electron chi connectivity index (χ4n) is 2.38. The largest absolute Gasteiger partial charge is 0.467 e. The van der Waals surface area contributed by atoms with E-state index < -0.39 is 0 Å². The van der Waals surface area contributed by atoms with Gasteiger partial charge in [0.25, 0.3) is 0 Å². The van der Waals surface area contributed by atoms with Crippen LogP contribution < -0.4 is 15.2 Å². The summed E-state index contributed by atoms with van der Waals surface area (Å²) in [4.78, 5) is 12.4. The molecule has 0 aliphatic heterocycles. The number of aromatic nitrogens is 3. The second-order valence-corrected chi connectivity index (χ2v) is 5.07. The van der Waals surface area contributed by atoms with E-state index in [0.29, 0.717) is 17.2 Å². The first-order valence-corrected chi connectivity index (χ1v) is 7.14. The van der Waals surface area contributed by atoms with Gasteiger partial charge in [-0.15, -0.1) is 5.10 Å². The quantitative estimate of drug-likeness (QED) is 0.743. The van der Waals surface area contributed by atoms with Gasteiger partial charge >= 0.3 is 11.7 Å². The molecule has 0 fully saturated rings. The van der Waals surface area contributed by atoms with E-state index in [1.165, 1.54) is 16.4 Å². The third-order valence-corrected chi connectivity index (χ3v) is 3.47. The van der Waals surface area contributed by atoms with Crippen LogP contribution in [-0.2, 0) is 7.05 Å². The molecule has 0 bridgehead atoms. The number of benzene rings is 2. The van der Waals surface area contributed by atoms with E-state index in [1.807, 2.05) is 55.5 Å². The van der Waals surface area contributed by atoms with Crippen LogP contribution in [0, 0.1) is 6.92 Å². The molecule has 0 saturated heterocycles. The summed E-state index contributed by atoms with van der Waals surface area (Å²) < 4.78 is 13.8. The number of nitrogens with zero attached hydrogens (tertiary/aromatic N) is 3. The lowest BCUT2D eigenvalue weighted by molar-refractivity contribution is 0.367. The Labute approximate surface area is 133 Å². The van der Waals surface area contributed by atoms with Gasteiger partial charge in [0, 0.05) is 7.05 Å².